The number of pyridine rings is 2. The summed E-state index contributed by atoms with van der Waals surface area (Å²) >= 11 is 1.28. The van der Waals surface area contributed by atoms with E-state index in [1.54, 1.807) is 6.92 Å². The van der Waals surface area contributed by atoms with Crippen LogP contribution in [0.25, 0.3) is 10.1 Å². The number of hydrogen-bond donors (Lipinski definition) is 1. The monoisotopic (exact) mass is 368 g/mol. The van der Waals surface area contributed by atoms with Crippen LogP contribution in [0.1, 0.15) is 26.5 Å². The van der Waals surface area contributed by atoms with Crippen molar-refractivity contribution in [2.24, 2.45) is 0 Å². The van der Waals surface area contributed by atoms with Gasteiger partial charge in [-0.1, -0.05) is 6.07 Å². The number of aromatic carboxylic acids is 1. The van der Waals surface area contributed by atoms with Gasteiger partial charge in [-0.25, -0.2) is 9.78 Å². The summed E-state index contributed by atoms with van der Waals surface area (Å²) in [6.07, 6.45) is -2.08. The summed E-state index contributed by atoms with van der Waals surface area (Å²) in [5.41, 5.74) is -1.00. The molecule has 0 aliphatic rings. The molecule has 0 aliphatic heterocycles. The molecule has 0 amide bonds. The fourth-order valence-corrected chi connectivity index (χ4v) is 3.42. The van der Waals surface area contributed by atoms with Gasteiger partial charge in [-0.05, 0) is 13.0 Å². The number of nitrogens with zero attached hydrogens (tertiary/aromatic N) is 2. The maximum atomic E-state index is 12.9. The molecule has 0 bridgehead atoms. The predicted molar refractivity (Wildman–Crippen MR) is 84.9 cm³/mol. The second kappa shape index (κ2) is 6.32. The highest BCUT2D eigenvalue weighted by atomic mass is 32.1. The van der Waals surface area contributed by atoms with E-state index >= 15 is 0 Å². The molecule has 0 saturated heterocycles. The van der Waals surface area contributed by atoms with Crippen LogP contribution in [0.3, 0.4) is 0 Å². The van der Waals surface area contributed by atoms with Crippen molar-refractivity contribution in [1.82, 2.24) is 9.97 Å². The molecule has 0 saturated carbocycles. The zero-order valence-electron chi connectivity index (χ0n) is 12.8. The van der Waals surface area contributed by atoms with Gasteiger partial charge in [0, 0.05) is 34.3 Å². The lowest BCUT2D eigenvalue weighted by Gasteiger charge is -2.12. The zero-order chi connectivity index (χ0) is 18.2. The molecule has 0 unspecified atom stereocenters. The quantitative estimate of drug-likeness (QED) is 0.744. The average molecular weight is 368 g/mol. The number of halogens is 3. The lowest BCUT2D eigenvalue weighted by Crippen LogP contribution is -2.13. The Morgan fingerprint density at radius 2 is 2.12 bits per heavy atom. The van der Waals surface area contributed by atoms with Crippen molar-refractivity contribution in [3.05, 3.63) is 52.3 Å². The smallest absolute Gasteiger partial charge is 0.433 e. The highest BCUT2D eigenvalue weighted by molar-refractivity contribution is 7.19. The SMILES string of the molecule is Cc1sc2cnc(OCc3cccnc3C(F)(F)F)cc2c1C(=O)O. The van der Waals surface area contributed by atoms with Crippen LogP contribution in [-0.2, 0) is 12.8 Å². The number of aryl methyl sites for hydroxylation is 1. The van der Waals surface area contributed by atoms with Crippen molar-refractivity contribution in [3.8, 4) is 5.88 Å². The van der Waals surface area contributed by atoms with Gasteiger partial charge < -0.3 is 9.84 Å². The molecular formula is C16H11F3N2O3S. The average Bonchev–Trinajstić information content (AvgIpc) is 2.87. The number of carboxylic acids is 1. The van der Waals surface area contributed by atoms with Gasteiger partial charge in [-0.2, -0.15) is 13.2 Å². The van der Waals surface area contributed by atoms with Crippen LogP contribution in [0.5, 0.6) is 5.88 Å². The van der Waals surface area contributed by atoms with Crippen molar-refractivity contribution in [2.45, 2.75) is 19.7 Å². The van der Waals surface area contributed by atoms with Crippen molar-refractivity contribution in [2.75, 3.05) is 0 Å². The minimum atomic E-state index is -4.59. The summed E-state index contributed by atoms with van der Waals surface area (Å²) < 4.78 is 44.8. The molecule has 3 aromatic rings. The van der Waals surface area contributed by atoms with Gasteiger partial charge in [-0.15, -0.1) is 11.3 Å². The number of rotatable bonds is 4. The highest BCUT2D eigenvalue weighted by Crippen LogP contribution is 2.33. The van der Waals surface area contributed by atoms with E-state index in [1.165, 1.54) is 35.7 Å². The summed E-state index contributed by atoms with van der Waals surface area (Å²) in [5.74, 6) is -1.03. The van der Waals surface area contributed by atoms with Crippen molar-refractivity contribution in [1.29, 1.82) is 0 Å². The van der Waals surface area contributed by atoms with E-state index in [0.717, 1.165) is 6.20 Å². The minimum absolute atomic E-state index is 0.0461. The van der Waals surface area contributed by atoms with Gasteiger partial charge in [0.15, 0.2) is 5.69 Å². The number of alkyl halides is 3. The molecular weight excluding hydrogens is 357 g/mol. The lowest BCUT2D eigenvalue weighted by molar-refractivity contribution is -0.142. The van der Waals surface area contributed by atoms with Gasteiger partial charge in [0.05, 0.1) is 10.3 Å². The molecule has 0 atom stereocenters. The predicted octanol–water partition coefficient (Wildman–Crippen LogP) is 4.30. The molecule has 25 heavy (non-hydrogen) atoms. The van der Waals surface area contributed by atoms with Gasteiger partial charge in [-0.3, -0.25) is 4.98 Å². The molecule has 0 radical (unpaired) electrons. The Hall–Kier alpha value is -2.68. The second-order valence-electron chi connectivity index (χ2n) is 5.15. The summed E-state index contributed by atoms with van der Waals surface area (Å²) in [4.78, 5) is 19.3. The van der Waals surface area contributed by atoms with Crippen LogP contribution < -0.4 is 4.74 Å². The summed E-state index contributed by atoms with van der Waals surface area (Å²) in [6.45, 7) is 1.30. The van der Waals surface area contributed by atoms with E-state index in [2.05, 4.69) is 9.97 Å². The Labute approximate surface area is 143 Å². The largest absolute Gasteiger partial charge is 0.478 e. The van der Waals surface area contributed by atoms with Gasteiger partial charge in [0.1, 0.15) is 6.61 Å². The fourth-order valence-electron chi connectivity index (χ4n) is 2.41. The molecule has 3 heterocycles. The number of carbonyl (C=O) groups is 1. The number of ether oxygens (including phenoxy) is 1. The Balaban J connectivity index is 1.90. The molecule has 130 valence electrons. The first kappa shape index (κ1) is 17.2. The van der Waals surface area contributed by atoms with E-state index < -0.39 is 17.8 Å². The molecule has 1 N–H and O–H groups in total. The Bertz CT molecular complexity index is 953. The van der Waals surface area contributed by atoms with E-state index in [9.17, 15) is 23.1 Å². The first-order valence-corrected chi connectivity index (χ1v) is 7.85. The second-order valence-corrected chi connectivity index (χ2v) is 6.41. The zero-order valence-corrected chi connectivity index (χ0v) is 13.6. The van der Waals surface area contributed by atoms with Gasteiger partial charge >= 0.3 is 12.1 Å². The van der Waals surface area contributed by atoms with Gasteiger partial charge in [0.25, 0.3) is 0 Å². The molecule has 0 spiro atoms. The molecule has 3 aromatic heterocycles. The highest BCUT2D eigenvalue weighted by Gasteiger charge is 2.35. The van der Waals surface area contributed by atoms with Crippen LogP contribution in [0, 0.1) is 6.92 Å². The third kappa shape index (κ3) is 3.41. The van der Waals surface area contributed by atoms with Crippen molar-refractivity contribution < 1.29 is 27.8 Å². The van der Waals surface area contributed by atoms with E-state index in [-0.39, 0.29) is 23.6 Å². The van der Waals surface area contributed by atoms with Crippen molar-refractivity contribution >= 4 is 27.4 Å². The van der Waals surface area contributed by atoms with Gasteiger partial charge in [0.2, 0.25) is 5.88 Å². The first-order chi connectivity index (χ1) is 11.8. The number of carboxylic acid groups (broad SMARTS) is 1. The van der Waals surface area contributed by atoms with Crippen molar-refractivity contribution in [3.63, 3.8) is 0 Å². The molecule has 9 heteroatoms. The number of fused-ring (bicyclic) bond motifs is 1. The normalized spacial score (nSPS) is 11.7. The topological polar surface area (TPSA) is 72.3 Å². The van der Waals surface area contributed by atoms with Crippen LogP contribution in [-0.4, -0.2) is 21.0 Å². The number of thiophene rings is 1. The summed E-state index contributed by atoms with van der Waals surface area (Å²) in [5, 5.41) is 9.74. The Morgan fingerprint density at radius 3 is 2.80 bits per heavy atom. The third-order valence-electron chi connectivity index (χ3n) is 3.48. The molecule has 0 aromatic carbocycles. The number of hydrogen-bond acceptors (Lipinski definition) is 5. The molecule has 5 nitrogen and oxygen atoms in total. The maximum Gasteiger partial charge on any atom is 0.433 e. The standard InChI is InChI=1S/C16H11F3N2O3S/c1-8-13(15(22)23)10-5-12(21-6-11(10)25-8)24-7-9-3-2-4-20-14(9)16(17,18)19/h2-6H,7H2,1H3,(H,22,23). The molecule has 3 rings (SSSR count). The van der Waals surface area contributed by atoms with Crippen LogP contribution >= 0.6 is 11.3 Å². The third-order valence-corrected chi connectivity index (χ3v) is 4.53. The van der Waals surface area contributed by atoms with E-state index in [4.69, 9.17) is 4.74 Å². The van der Waals surface area contributed by atoms with E-state index in [1.807, 2.05) is 0 Å². The first-order valence-electron chi connectivity index (χ1n) is 7.03. The van der Waals surface area contributed by atoms with Crippen LogP contribution in [0.15, 0.2) is 30.6 Å². The molecule has 0 fully saturated rings. The Morgan fingerprint density at radius 1 is 1.36 bits per heavy atom. The number of aromatic nitrogens is 2. The van der Waals surface area contributed by atoms with Crippen LogP contribution in [0.2, 0.25) is 0 Å². The Kier molecular flexibility index (Phi) is 4.34. The summed E-state index contributed by atoms with van der Waals surface area (Å²) in [7, 11) is 0. The fraction of sp³-hybridized carbons (Fsp3) is 0.188. The van der Waals surface area contributed by atoms with E-state index in [0.29, 0.717) is 15.0 Å². The summed E-state index contributed by atoms with van der Waals surface area (Å²) in [6, 6.07) is 4.08. The van der Waals surface area contributed by atoms with Crippen LogP contribution in [0.4, 0.5) is 13.2 Å². The molecule has 0 aliphatic carbocycles. The lowest BCUT2D eigenvalue weighted by atomic mass is 10.1. The minimum Gasteiger partial charge on any atom is -0.478 e. The maximum absolute atomic E-state index is 12.9.